The van der Waals surface area contributed by atoms with Crippen molar-refractivity contribution in [1.82, 2.24) is 0 Å². The number of nitrogens with zero attached hydrogens (tertiary/aromatic N) is 1. The maximum atomic E-state index is 13.5. The van der Waals surface area contributed by atoms with Gasteiger partial charge in [0.05, 0.1) is 30.9 Å². The third-order valence-electron chi connectivity index (χ3n) is 4.55. The molecule has 2 heterocycles. The number of nitrogens with one attached hydrogen (secondary N) is 1. The summed E-state index contributed by atoms with van der Waals surface area (Å²) in [5, 5.41) is 0. The molecule has 6 nitrogen and oxygen atoms in total. The van der Waals surface area contributed by atoms with Crippen LogP contribution in [0.25, 0.3) is 0 Å². The molecule has 2 atom stereocenters. The van der Waals surface area contributed by atoms with E-state index in [1.807, 2.05) is 0 Å². The highest BCUT2D eigenvalue weighted by Gasteiger charge is 2.39. The molecule has 1 aromatic rings. The largest absolute Gasteiger partial charge is 0.466 e. The van der Waals surface area contributed by atoms with Gasteiger partial charge in [-0.3, -0.25) is 19.3 Å². The molecular weight excluding hydrogens is 315 g/mol. The number of Topliss-reactive ketones (excluding diaryl/α,β-unsaturated/α-hetero) is 1. The number of quaternary nitrogens is 1. The summed E-state index contributed by atoms with van der Waals surface area (Å²) < 4.78 is 18.6. The molecule has 1 unspecified atom stereocenters. The summed E-state index contributed by atoms with van der Waals surface area (Å²) in [4.78, 5) is 38.5. The molecule has 0 aliphatic carbocycles. The average Bonchev–Trinajstić information content (AvgIpc) is 2.80. The third-order valence-corrected chi connectivity index (χ3v) is 4.55. The van der Waals surface area contributed by atoms with Gasteiger partial charge in [0.15, 0.2) is 6.67 Å². The SMILES string of the molecule is CCOC(=O)[C@@H]1CCC[NH+](CN2C(=O)C(=O)c3ccc(F)cc32)C1. The maximum absolute atomic E-state index is 13.5. The van der Waals surface area contributed by atoms with Crippen molar-refractivity contribution < 1.29 is 28.4 Å². The number of anilines is 1. The summed E-state index contributed by atoms with van der Waals surface area (Å²) in [5.74, 6) is -2.15. The lowest BCUT2D eigenvalue weighted by Gasteiger charge is -2.31. The molecule has 3 rings (SSSR count). The highest BCUT2D eigenvalue weighted by Crippen LogP contribution is 2.28. The number of benzene rings is 1. The van der Waals surface area contributed by atoms with Crippen LogP contribution in [0.15, 0.2) is 18.2 Å². The first-order valence-corrected chi connectivity index (χ1v) is 8.17. The molecular formula is C17H20FN2O4+. The predicted molar refractivity (Wildman–Crippen MR) is 83.1 cm³/mol. The summed E-state index contributed by atoms with van der Waals surface area (Å²) in [6.45, 7) is 3.69. The number of esters is 1. The van der Waals surface area contributed by atoms with Crippen molar-refractivity contribution in [3.8, 4) is 0 Å². The Morgan fingerprint density at radius 1 is 1.42 bits per heavy atom. The van der Waals surface area contributed by atoms with Crippen molar-refractivity contribution in [3.05, 3.63) is 29.6 Å². The van der Waals surface area contributed by atoms with Crippen LogP contribution in [0.4, 0.5) is 10.1 Å². The van der Waals surface area contributed by atoms with Gasteiger partial charge in [0.2, 0.25) is 0 Å². The van der Waals surface area contributed by atoms with Crippen molar-refractivity contribution in [3.63, 3.8) is 0 Å². The molecule has 0 spiro atoms. The van der Waals surface area contributed by atoms with E-state index in [-0.39, 0.29) is 24.1 Å². The maximum Gasteiger partial charge on any atom is 0.314 e. The molecule has 2 aliphatic heterocycles. The molecule has 1 N–H and O–H groups in total. The molecule has 0 saturated carbocycles. The van der Waals surface area contributed by atoms with E-state index in [1.54, 1.807) is 6.92 Å². The van der Waals surface area contributed by atoms with Crippen molar-refractivity contribution in [2.45, 2.75) is 19.8 Å². The van der Waals surface area contributed by atoms with Gasteiger partial charge >= 0.3 is 11.9 Å². The Hall–Kier alpha value is -2.28. The monoisotopic (exact) mass is 335 g/mol. The number of carbonyl (C=O) groups excluding carboxylic acids is 3. The number of amides is 1. The quantitative estimate of drug-likeness (QED) is 0.629. The van der Waals surface area contributed by atoms with Crippen molar-refractivity contribution in [1.29, 1.82) is 0 Å². The lowest BCUT2D eigenvalue weighted by atomic mass is 9.98. The summed E-state index contributed by atoms with van der Waals surface area (Å²) in [5.41, 5.74) is 0.551. The van der Waals surface area contributed by atoms with Crippen LogP contribution in [0.1, 0.15) is 30.1 Å². The number of ether oxygens (including phenoxy) is 1. The van der Waals surface area contributed by atoms with Crippen LogP contribution in [0.5, 0.6) is 0 Å². The molecule has 1 fully saturated rings. The summed E-state index contributed by atoms with van der Waals surface area (Å²) in [7, 11) is 0. The van der Waals surface area contributed by atoms with Crippen LogP contribution in [-0.2, 0) is 14.3 Å². The molecule has 7 heteroatoms. The molecule has 24 heavy (non-hydrogen) atoms. The highest BCUT2D eigenvalue weighted by molar-refractivity contribution is 6.52. The Labute approximate surface area is 139 Å². The van der Waals surface area contributed by atoms with Crippen LogP contribution < -0.4 is 9.80 Å². The molecule has 128 valence electrons. The van der Waals surface area contributed by atoms with E-state index in [4.69, 9.17) is 4.74 Å². The van der Waals surface area contributed by atoms with E-state index < -0.39 is 17.5 Å². The number of ketones is 1. The van der Waals surface area contributed by atoms with E-state index in [1.165, 1.54) is 23.1 Å². The van der Waals surface area contributed by atoms with Crippen LogP contribution in [-0.4, -0.2) is 44.0 Å². The molecule has 0 bridgehead atoms. The van der Waals surface area contributed by atoms with Gasteiger partial charge in [-0.15, -0.1) is 0 Å². The number of rotatable bonds is 4. The van der Waals surface area contributed by atoms with Crippen molar-refractivity contribution in [2.24, 2.45) is 5.92 Å². The van der Waals surface area contributed by atoms with E-state index in [2.05, 4.69) is 0 Å². The molecule has 1 aromatic carbocycles. The minimum atomic E-state index is -0.638. The lowest BCUT2D eigenvalue weighted by Crippen LogP contribution is -3.15. The van der Waals surface area contributed by atoms with Gasteiger partial charge in [-0.05, 0) is 38.0 Å². The number of hydrogen-bond donors (Lipinski definition) is 1. The van der Waals surface area contributed by atoms with Gasteiger partial charge < -0.3 is 9.64 Å². The van der Waals surface area contributed by atoms with Gasteiger partial charge in [-0.2, -0.15) is 0 Å². The second-order valence-corrected chi connectivity index (χ2v) is 6.18. The number of likely N-dealkylation sites (tertiary alicyclic amines) is 1. The molecule has 2 aliphatic rings. The normalized spacial score (nSPS) is 23.3. The molecule has 0 aromatic heterocycles. The first-order valence-electron chi connectivity index (χ1n) is 8.17. The van der Waals surface area contributed by atoms with Gasteiger partial charge in [-0.1, -0.05) is 0 Å². The molecule has 0 radical (unpaired) electrons. The van der Waals surface area contributed by atoms with E-state index in [9.17, 15) is 18.8 Å². The Kier molecular flexibility index (Phi) is 4.62. The zero-order chi connectivity index (χ0) is 17.3. The lowest BCUT2D eigenvalue weighted by molar-refractivity contribution is -0.906. The van der Waals surface area contributed by atoms with Crippen LogP contribution in [0.3, 0.4) is 0 Å². The average molecular weight is 335 g/mol. The summed E-state index contributed by atoms with van der Waals surface area (Å²) in [6, 6.07) is 3.74. The number of carbonyl (C=O) groups is 3. The predicted octanol–water partition coefficient (Wildman–Crippen LogP) is 0.171. The molecule has 1 saturated heterocycles. The summed E-state index contributed by atoms with van der Waals surface area (Å²) in [6.07, 6.45) is 1.60. The first-order chi connectivity index (χ1) is 11.5. The Balaban J connectivity index is 1.74. The highest BCUT2D eigenvalue weighted by atomic mass is 19.1. The Morgan fingerprint density at radius 3 is 2.96 bits per heavy atom. The number of piperidine rings is 1. The Bertz CT molecular complexity index is 691. The van der Waals surface area contributed by atoms with Crippen molar-refractivity contribution >= 4 is 23.3 Å². The van der Waals surface area contributed by atoms with Crippen molar-refractivity contribution in [2.75, 3.05) is 31.3 Å². The number of halogens is 1. The Morgan fingerprint density at radius 2 is 2.21 bits per heavy atom. The van der Waals surface area contributed by atoms with Gasteiger partial charge in [0, 0.05) is 0 Å². The zero-order valence-electron chi connectivity index (χ0n) is 13.5. The number of hydrogen-bond acceptors (Lipinski definition) is 4. The van der Waals surface area contributed by atoms with E-state index in [0.29, 0.717) is 18.8 Å². The fourth-order valence-corrected chi connectivity index (χ4v) is 3.40. The van der Waals surface area contributed by atoms with Gasteiger partial charge in [0.1, 0.15) is 11.7 Å². The summed E-state index contributed by atoms with van der Waals surface area (Å²) >= 11 is 0. The van der Waals surface area contributed by atoms with E-state index in [0.717, 1.165) is 24.3 Å². The van der Waals surface area contributed by atoms with Gasteiger partial charge in [0.25, 0.3) is 5.78 Å². The fourth-order valence-electron chi connectivity index (χ4n) is 3.40. The minimum Gasteiger partial charge on any atom is -0.466 e. The first kappa shape index (κ1) is 16.6. The third kappa shape index (κ3) is 3.03. The minimum absolute atomic E-state index is 0.200. The standard InChI is InChI=1S/C17H19FN2O4/c1-2-24-17(23)11-4-3-7-19(9-11)10-20-14-8-12(18)5-6-13(14)15(21)16(20)22/h5-6,8,11H,2-4,7,9-10H2,1H3/p+1/t11-/m1/s1. The zero-order valence-corrected chi connectivity index (χ0v) is 13.5. The smallest absolute Gasteiger partial charge is 0.314 e. The topological polar surface area (TPSA) is 68.1 Å². The van der Waals surface area contributed by atoms with E-state index >= 15 is 0 Å². The fraction of sp³-hybridized carbons (Fsp3) is 0.471. The van der Waals surface area contributed by atoms with Crippen LogP contribution >= 0.6 is 0 Å². The van der Waals surface area contributed by atoms with Crippen LogP contribution in [0.2, 0.25) is 0 Å². The molecule has 1 amide bonds. The number of fused-ring (bicyclic) bond motifs is 1. The van der Waals surface area contributed by atoms with Gasteiger partial charge in [-0.25, -0.2) is 4.39 Å². The second kappa shape index (κ2) is 6.68. The second-order valence-electron chi connectivity index (χ2n) is 6.18. The van der Waals surface area contributed by atoms with Crippen LogP contribution in [0, 0.1) is 11.7 Å².